The molecule has 0 aliphatic heterocycles. The Morgan fingerprint density at radius 1 is 1.16 bits per heavy atom. The first-order chi connectivity index (χ1) is 11.9. The number of ether oxygens (including phenoxy) is 1. The second-order valence-corrected chi connectivity index (χ2v) is 7.28. The number of alkyl halides is 3. The second kappa shape index (κ2) is 7.72. The van der Waals surface area contributed by atoms with Crippen LogP contribution < -0.4 is 10.1 Å². The van der Waals surface area contributed by atoms with Gasteiger partial charge in [-0.25, -0.2) is 4.98 Å². The molecule has 0 aliphatic rings. The molecule has 1 aromatic heterocycles. The van der Waals surface area contributed by atoms with E-state index >= 15 is 0 Å². The highest BCUT2D eigenvalue weighted by atomic mass is 79.9. The number of thiazole rings is 1. The van der Waals surface area contributed by atoms with E-state index in [1.807, 2.05) is 24.3 Å². The molecule has 0 aliphatic carbocycles. The maximum absolute atomic E-state index is 12.2. The molecule has 8 heteroatoms. The topological polar surface area (TPSA) is 34.1 Å². The van der Waals surface area contributed by atoms with Crippen LogP contribution in [0.15, 0.2) is 46.9 Å². The van der Waals surface area contributed by atoms with Gasteiger partial charge in [-0.05, 0) is 45.8 Å². The van der Waals surface area contributed by atoms with Crippen LogP contribution in [0.25, 0.3) is 10.2 Å². The summed E-state index contributed by atoms with van der Waals surface area (Å²) in [5.74, 6) is -0.245. The number of aromatic nitrogens is 1. The van der Waals surface area contributed by atoms with E-state index in [-0.39, 0.29) is 10.2 Å². The molecule has 0 fully saturated rings. The molecule has 132 valence electrons. The van der Waals surface area contributed by atoms with Crippen LogP contribution in [0.2, 0.25) is 0 Å². The molecule has 3 nitrogen and oxygen atoms in total. The van der Waals surface area contributed by atoms with Crippen LogP contribution in [-0.4, -0.2) is 17.9 Å². The summed E-state index contributed by atoms with van der Waals surface area (Å²) in [4.78, 5) is 4.57. The first-order valence-corrected chi connectivity index (χ1v) is 9.11. The second-order valence-electron chi connectivity index (χ2n) is 5.31. The molecular formula is C17H14BrF3N2OS. The summed E-state index contributed by atoms with van der Waals surface area (Å²) < 4.78 is 42.1. The van der Waals surface area contributed by atoms with Gasteiger partial charge in [-0.1, -0.05) is 18.2 Å². The van der Waals surface area contributed by atoms with Crippen molar-refractivity contribution >= 4 is 37.5 Å². The Labute approximate surface area is 155 Å². The molecule has 0 spiro atoms. The van der Waals surface area contributed by atoms with Gasteiger partial charge in [0.1, 0.15) is 5.75 Å². The number of nitrogens with zero attached hydrogens (tertiary/aromatic N) is 1. The summed E-state index contributed by atoms with van der Waals surface area (Å²) in [5, 5.41) is 4.33. The maximum atomic E-state index is 12.2. The van der Waals surface area contributed by atoms with Crippen molar-refractivity contribution in [1.29, 1.82) is 0 Å². The van der Waals surface area contributed by atoms with Gasteiger partial charge in [0.15, 0.2) is 0 Å². The first kappa shape index (κ1) is 18.2. The van der Waals surface area contributed by atoms with Gasteiger partial charge in [-0.3, -0.25) is 0 Å². The average molecular weight is 431 g/mol. The number of hydrogen-bond acceptors (Lipinski definition) is 4. The predicted octanol–water partition coefficient (Wildman–Crippen LogP) is 5.29. The molecule has 0 amide bonds. The minimum atomic E-state index is -4.69. The van der Waals surface area contributed by atoms with Crippen LogP contribution in [0.4, 0.5) is 13.2 Å². The highest BCUT2D eigenvalue weighted by Gasteiger charge is 2.31. The number of rotatable bonds is 6. The molecule has 0 radical (unpaired) electrons. The standard InChI is InChI=1S/C17H14BrF3N2OS/c18-12-9-11(5-6-14(12)24-17(19,20)21)10-22-8-7-16-23-13-3-1-2-4-15(13)25-16/h1-6,9,22H,7-8,10H2. The number of hydrogen-bond donors (Lipinski definition) is 1. The largest absolute Gasteiger partial charge is 0.573 e. The van der Waals surface area contributed by atoms with Crippen LogP contribution in [-0.2, 0) is 13.0 Å². The molecule has 0 unspecified atom stereocenters. The third-order valence-electron chi connectivity index (χ3n) is 3.40. The zero-order valence-corrected chi connectivity index (χ0v) is 15.3. The molecule has 0 saturated heterocycles. The van der Waals surface area contributed by atoms with Gasteiger partial charge in [0.2, 0.25) is 0 Å². The van der Waals surface area contributed by atoms with E-state index < -0.39 is 6.36 Å². The summed E-state index contributed by atoms with van der Waals surface area (Å²) in [5.41, 5.74) is 1.87. The summed E-state index contributed by atoms with van der Waals surface area (Å²) in [6, 6.07) is 12.5. The van der Waals surface area contributed by atoms with Crippen LogP contribution in [0.1, 0.15) is 10.6 Å². The predicted molar refractivity (Wildman–Crippen MR) is 95.9 cm³/mol. The Bertz CT molecular complexity index is 833. The van der Waals surface area contributed by atoms with Crippen LogP contribution in [0.5, 0.6) is 5.75 Å². The van der Waals surface area contributed by atoms with Crippen LogP contribution in [0.3, 0.4) is 0 Å². The Hall–Kier alpha value is -1.64. The minimum Gasteiger partial charge on any atom is -0.405 e. The number of para-hydroxylation sites is 1. The van der Waals surface area contributed by atoms with Crippen LogP contribution in [0, 0.1) is 0 Å². The summed E-state index contributed by atoms with van der Waals surface area (Å²) in [6.07, 6.45) is -3.89. The molecule has 3 aromatic rings. The lowest BCUT2D eigenvalue weighted by atomic mass is 10.2. The van der Waals surface area contributed by atoms with Crippen molar-refractivity contribution in [3.63, 3.8) is 0 Å². The fourth-order valence-electron chi connectivity index (χ4n) is 2.32. The zero-order valence-electron chi connectivity index (χ0n) is 12.9. The Morgan fingerprint density at radius 2 is 1.96 bits per heavy atom. The third-order valence-corrected chi connectivity index (χ3v) is 5.12. The Balaban J connectivity index is 1.51. The van der Waals surface area contributed by atoms with Gasteiger partial charge in [-0.2, -0.15) is 0 Å². The number of benzene rings is 2. The number of fused-ring (bicyclic) bond motifs is 1. The van der Waals surface area contributed by atoms with Crippen molar-refractivity contribution in [1.82, 2.24) is 10.3 Å². The van der Waals surface area contributed by atoms with Crippen LogP contribution >= 0.6 is 27.3 Å². The van der Waals surface area contributed by atoms with Gasteiger partial charge in [-0.15, -0.1) is 24.5 Å². The molecule has 25 heavy (non-hydrogen) atoms. The van der Waals surface area contributed by atoms with Gasteiger partial charge in [0, 0.05) is 19.5 Å². The molecule has 1 heterocycles. The zero-order chi connectivity index (χ0) is 17.9. The Morgan fingerprint density at radius 3 is 2.68 bits per heavy atom. The van der Waals surface area contributed by atoms with Gasteiger partial charge in [0.25, 0.3) is 0 Å². The molecule has 1 N–H and O–H groups in total. The van der Waals surface area contributed by atoms with E-state index in [0.717, 1.165) is 29.1 Å². The summed E-state index contributed by atoms with van der Waals surface area (Å²) in [7, 11) is 0. The lowest BCUT2D eigenvalue weighted by Gasteiger charge is -2.11. The minimum absolute atomic E-state index is 0.245. The van der Waals surface area contributed by atoms with Crippen molar-refractivity contribution in [3.05, 3.63) is 57.5 Å². The average Bonchev–Trinajstić information content (AvgIpc) is 2.95. The summed E-state index contributed by atoms with van der Waals surface area (Å²) in [6.45, 7) is 1.29. The van der Waals surface area contributed by atoms with Gasteiger partial charge < -0.3 is 10.1 Å². The SMILES string of the molecule is FC(F)(F)Oc1ccc(CNCCc2nc3ccccc3s2)cc1Br. The van der Waals surface area contributed by atoms with E-state index in [1.165, 1.54) is 10.8 Å². The number of nitrogens with one attached hydrogen (secondary N) is 1. The molecular weight excluding hydrogens is 417 g/mol. The van der Waals surface area contributed by atoms with Crippen molar-refractivity contribution in [2.24, 2.45) is 0 Å². The van der Waals surface area contributed by atoms with E-state index in [9.17, 15) is 13.2 Å². The number of halogens is 4. The smallest absolute Gasteiger partial charge is 0.405 e. The van der Waals surface area contributed by atoms with E-state index in [4.69, 9.17) is 0 Å². The quantitative estimate of drug-likeness (QED) is 0.539. The molecule has 0 saturated carbocycles. The fourth-order valence-corrected chi connectivity index (χ4v) is 3.79. The van der Waals surface area contributed by atoms with Crippen molar-refractivity contribution in [3.8, 4) is 5.75 Å². The summed E-state index contributed by atoms with van der Waals surface area (Å²) >= 11 is 4.78. The lowest BCUT2D eigenvalue weighted by Crippen LogP contribution is -2.18. The first-order valence-electron chi connectivity index (χ1n) is 7.50. The lowest BCUT2D eigenvalue weighted by molar-refractivity contribution is -0.274. The third kappa shape index (κ3) is 5.17. The normalized spacial score (nSPS) is 11.8. The fraction of sp³-hybridized carbons (Fsp3) is 0.235. The Kier molecular flexibility index (Phi) is 5.61. The van der Waals surface area contributed by atoms with E-state index in [1.54, 1.807) is 23.5 Å². The van der Waals surface area contributed by atoms with E-state index in [2.05, 4.69) is 31.0 Å². The van der Waals surface area contributed by atoms with Gasteiger partial charge >= 0.3 is 6.36 Å². The molecule has 3 rings (SSSR count). The molecule has 0 bridgehead atoms. The van der Waals surface area contributed by atoms with Crippen molar-refractivity contribution in [2.75, 3.05) is 6.54 Å². The monoisotopic (exact) mass is 430 g/mol. The van der Waals surface area contributed by atoms with Crippen molar-refractivity contribution < 1.29 is 17.9 Å². The molecule has 2 aromatic carbocycles. The highest BCUT2D eigenvalue weighted by molar-refractivity contribution is 9.10. The maximum Gasteiger partial charge on any atom is 0.573 e. The highest BCUT2D eigenvalue weighted by Crippen LogP contribution is 2.31. The molecule has 0 atom stereocenters. The van der Waals surface area contributed by atoms with Gasteiger partial charge in [0.05, 0.1) is 19.7 Å². The van der Waals surface area contributed by atoms with Crippen molar-refractivity contribution in [2.45, 2.75) is 19.3 Å². The van der Waals surface area contributed by atoms with E-state index in [0.29, 0.717) is 6.54 Å².